The SMILES string of the molecule is C1=C[C@@H](C2CCCC2)CCC1. The highest BCUT2D eigenvalue weighted by Crippen LogP contribution is 2.36. The summed E-state index contributed by atoms with van der Waals surface area (Å²) >= 11 is 0. The van der Waals surface area contributed by atoms with Crippen LogP contribution in [0.5, 0.6) is 0 Å². The zero-order valence-corrected chi connectivity index (χ0v) is 7.26. The van der Waals surface area contributed by atoms with Crippen molar-refractivity contribution in [3.05, 3.63) is 12.2 Å². The van der Waals surface area contributed by atoms with Crippen molar-refractivity contribution >= 4 is 0 Å². The van der Waals surface area contributed by atoms with E-state index < -0.39 is 0 Å². The fraction of sp³-hybridized carbons (Fsp3) is 0.818. The van der Waals surface area contributed by atoms with E-state index in [0.29, 0.717) is 0 Å². The molecule has 0 N–H and O–H groups in total. The molecule has 1 saturated carbocycles. The van der Waals surface area contributed by atoms with Gasteiger partial charge in [0, 0.05) is 0 Å². The molecule has 0 bridgehead atoms. The standard InChI is InChI=1S/C11H18/c1-2-6-10(7-3-1)11-8-4-5-9-11/h2,6,10-11H,1,3-5,7-9H2/t10-/m1/s1. The van der Waals surface area contributed by atoms with Crippen LogP contribution in [0, 0.1) is 11.8 Å². The summed E-state index contributed by atoms with van der Waals surface area (Å²) < 4.78 is 0. The van der Waals surface area contributed by atoms with Crippen LogP contribution in [-0.4, -0.2) is 0 Å². The van der Waals surface area contributed by atoms with Crippen LogP contribution in [0.15, 0.2) is 12.2 Å². The van der Waals surface area contributed by atoms with Gasteiger partial charge in [-0.05, 0) is 43.9 Å². The van der Waals surface area contributed by atoms with Gasteiger partial charge in [-0.3, -0.25) is 0 Å². The first-order valence-electron chi connectivity index (χ1n) is 5.13. The molecule has 2 aliphatic carbocycles. The fourth-order valence-electron chi connectivity index (χ4n) is 2.62. The van der Waals surface area contributed by atoms with E-state index in [1.165, 1.54) is 44.9 Å². The van der Waals surface area contributed by atoms with Crippen molar-refractivity contribution in [2.24, 2.45) is 11.8 Å². The van der Waals surface area contributed by atoms with E-state index in [0.717, 1.165) is 11.8 Å². The Labute approximate surface area is 69.7 Å². The van der Waals surface area contributed by atoms with Crippen molar-refractivity contribution < 1.29 is 0 Å². The van der Waals surface area contributed by atoms with Crippen LogP contribution in [0.2, 0.25) is 0 Å². The van der Waals surface area contributed by atoms with Crippen molar-refractivity contribution in [2.75, 3.05) is 0 Å². The second-order valence-electron chi connectivity index (χ2n) is 4.07. The van der Waals surface area contributed by atoms with Crippen molar-refractivity contribution in [1.82, 2.24) is 0 Å². The first kappa shape index (κ1) is 7.39. The summed E-state index contributed by atoms with van der Waals surface area (Å²) in [6.45, 7) is 0. The van der Waals surface area contributed by atoms with E-state index >= 15 is 0 Å². The molecule has 2 aliphatic rings. The van der Waals surface area contributed by atoms with Crippen molar-refractivity contribution in [2.45, 2.75) is 44.9 Å². The van der Waals surface area contributed by atoms with E-state index in [4.69, 9.17) is 0 Å². The lowest BCUT2D eigenvalue weighted by Crippen LogP contribution is -2.10. The molecule has 62 valence electrons. The van der Waals surface area contributed by atoms with E-state index in [-0.39, 0.29) is 0 Å². The quantitative estimate of drug-likeness (QED) is 0.502. The molecule has 0 nitrogen and oxygen atoms in total. The number of hydrogen-bond donors (Lipinski definition) is 0. The molecule has 0 unspecified atom stereocenters. The lowest BCUT2D eigenvalue weighted by molar-refractivity contribution is 0.366. The highest BCUT2D eigenvalue weighted by molar-refractivity contribution is 4.96. The van der Waals surface area contributed by atoms with Crippen molar-refractivity contribution in [3.63, 3.8) is 0 Å². The summed E-state index contributed by atoms with van der Waals surface area (Å²) in [4.78, 5) is 0. The molecule has 0 saturated heterocycles. The summed E-state index contributed by atoms with van der Waals surface area (Å²) in [7, 11) is 0. The largest absolute Gasteiger partial charge is 0.0882 e. The Kier molecular flexibility index (Phi) is 2.30. The topological polar surface area (TPSA) is 0 Å². The van der Waals surface area contributed by atoms with Crippen LogP contribution in [0.1, 0.15) is 44.9 Å². The molecule has 0 heteroatoms. The predicted molar refractivity (Wildman–Crippen MR) is 48.4 cm³/mol. The minimum Gasteiger partial charge on any atom is -0.0882 e. The molecule has 0 heterocycles. The second kappa shape index (κ2) is 3.42. The minimum atomic E-state index is 0.964. The van der Waals surface area contributed by atoms with E-state index in [2.05, 4.69) is 12.2 Å². The third kappa shape index (κ3) is 1.66. The Balaban J connectivity index is 1.91. The molecule has 11 heavy (non-hydrogen) atoms. The third-order valence-corrected chi connectivity index (χ3v) is 3.30. The van der Waals surface area contributed by atoms with Gasteiger partial charge in [0.15, 0.2) is 0 Å². The maximum absolute atomic E-state index is 2.49. The predicted octanol–water partition coefficient (Wildman–Crippen LogP) is 3.53. The molecule has 0 amide bonds. The lowest BCUT2D eigenvalue weighted by Gasteiger charge is -2.22. The molecule has 0 aromatic rings. The van der Waals surface area contributed by atoms with Crippen LogP contribution in [-0.2, 0) is 0 Å². The third-order valence-electron chi connectivity index (χ3n) is 3.30. The van der Waals surface area contributed by atoms with E-state index in [1.807, 2.05) is 0 Å². The Morgan fingerprint density at radius 2 is 1.73 bits per heavy atom. The fourth-order valence-corrected chi connectivity index (χ4v) is 2.62. The van der Waals surface area contributed by atoms with Crippen LogP contribution < -0.4 is 0 Å². The van der Waals surface area contributed by atoms with Crippen molar-refractivity contribution in [1.29, 1.82) is 0 Å². The summed E-state index contributed by atoms with van der Waals surface area (Å²) in [5.74, 6) is 2.03. The van der Waals surface area contributed by atoms with Crippen LogP contribution in [0.25, 0.3) is 0 Å². The highest BCUT2D eigenvalue weighted by Gasteiger charge is 2.23. The van der Waals surface area contributed by atoms with Crippen LogP contribution in [0.4, 0.5) is 0 Å². The monoisotopic (exact) mass is 150 g/mol. The van der Waals surface area contributed by atoms with Gasteiger partial charge in [0.1, 0.15) is 0 Å². The normalized spacial score (nSPS) is 32.9. The Hall–Kier alpha value is -0.260. The summed E-state index contributed by atoms with van der Waals surface area (Å²) in [6, 6.07) is 0. The summed E-state index contributed by atoms with van der Waals surface area (Å²) in [5, 5.41) is 0. The molecule has 0 aromatic heterocycles. The maximum atomic E-state index is 2.49. The summed E-state index contributed by atoms with van der Waals surface area (Å²) in [6.07, 6.45) is 15.1. The number of allylic oxidation sites excluding steroid dienone is 2. The molecule has 0 aliphatic heterocycles. The average Bonchev–Trinajstić information content (AvgIpc) is 2.58. The van der Waals surface area contributed by atoms with Gasteiger partial charge in [-0.25, -0.2) is 0 Å². The van der Waals surface area contributed by atoms with Crippen LogP contribution in [0.3, 0.4) is 0 Å². The minimum absolute atomic E-state index is 0.964. The molecule has 1 atom stereocenters. The molecule has 1 fully saturated rings. The van der Waals surface area contributed by atoms with Gasteiger partial charge in [0.2, 0.25) is 0 Å². The molecule has 0 aromatic carbocycles. The van der Waals surface area contributed by atoms with Crippen molar-refractivity contribution in [3.8, 4) is 0 Å². The van der Waals surface area contributed by atoms with Gasteiger partial charge in [-0.1, -0.05) is 25.0 Å². The maximum Gasteiger partial charge on any atom is -0.0205 e. The molecular weight excluding hydrogens is 132 g/mol. The average molecular weight is 150 g/mol. The molecular formula is C11H18. The summed E-state index contributed by atoms with van der Waals surface area (Å²) in [5.41, 5.74) is 0. The Morgan fingerprint density at radius 3 is 2.36 bits per heavy atom. The molecule has 2 rings (SSSR count). The first-order chi connectivity index (χ1) is 5.47. The smallest absolute Gasteiger partial charge is 0.0205 e. The van der Waals surface area contributed by atoms with Gasteiger partial charge >= 0.3 is 0 Å². The highest BCUT2D eigenvalue weighted by atomic mass is 14.3. The zero-order valence-electron chi connectivity index (χ0n) is 7.26. The molecule has 0 spiro atoms. The lowest BCUT2D eigenvalue weighted by atomic mass is 9.84. The van der Waals surface area contributed by atoms with E-state index in [9.17, 15) is 0 Å². The number of rotatable bonds is 1. The second-order valence-corrected chi connectivity index (χ2v) is 4.07. The van der Waals surface area contributed by atoms with Gasteiger partial charge in [0.05, 0.1) is 0 Å². The Bertz CT molecular complexity index is 140. The first-order valence-corrected chi connectivity index (χ1v) is 5.13. The zero-order chi connectivity index (χ0) is 7.52. The van der Waals surface area contributed by atoms with E-state index in [1.54, 1.807) is 0 Å². The van der Waals surface area contributed by atoms with Gasteiger partial charge < -0.3 is 0 Å². The Morgan fingerprint density at radius 1 is 0.909 bits per heavy atom. The number of hydrogen-bond acceptors (Lipinski definition) is 0. The van der Waals surface area contributed by atoms with Gasteiger partial charge in [-0.2, -0.15) is 0 Å². The van der Waals surface area contributed by atoms with Crippen LogP contribution >= 0.6 is 0 Å². The van der Waals surface area contributed by atoms with Gasteiger partial charge in [-0.15, -0.1) is 0 Å². The molecule has 0 radical (unpaired) electrons. The van der Waals surface area contributed by atoms with Gasteiger partial charge in [0.25, 0.3) is 0 Å².